The summed E-state index contributed by atoms with van der Waals surface area (Å²) >= 11 is 18.5. The highest BCUT2D eigenvalue weighted by Gasteiger charge is 2.29. The number of halogens is 3. The van der Waals surface area contributed by atoms with Crippen molar-refractivity contribution in [2.24, 2.45) is 0 Å². The summed E-state index contributed by atoms with van der Waals surface area (Å²) in [7, 11) is 0. The van der Waals surface area contributed by atoms with Gasteiger partial charge in [0.25, 0.3) is 5.91 Å². The highest BCUT2D eigenvalue weighted by atomic mass is 35.5. The molecule has 1 saturated carbocycles. The van der Waals surface area contributed by atoms with Gasteiger partial charge in [0.2, 0.25) is 0 Å². The number of nitriles is 2. The first-order chi connectivity index (χ1) is 31.7. The normalized spacial score (nSPS) is 15.2. The minimum absolute atomic E-state index is 0.0101. The van der Waals surface area contributed by atoms with E-state index in [0.717, 1.165) is 90.3 Å². The van der Waals surface area contributed by atoms with Crippen LogP contribution in [-0.2, 0) is 6.54 Å². The number of amides is 1. The molecule has 0 radical (unpaired) electrons. The molecule has 2 saturated heterocycles. The third kappa shape index (κ3) is 10.4. The van der Waals surface area contributed by atoms with Crippen molar-refractivity contribution < 1.29 is 4.79 Å². The lowest BCUT2D eigenvalue weighted by Gasteiger charge is -2.36. The zero-order valence-corrected chi connectivity index (χ0v) is 37.4. The zero-order chi connectivity index (χ0) is 44.9. The molecule has 2 aliphatic heterocycles. The molecule has 65 heavy (non-hydrogen) atoms. The predicted octanol–water partition coefficient (Wildman–Crippen LogP) is 8.96. The Labute approximate surface area is 391 Å². The van der Waals surface area contributed by atoms with Gasteiger partial charge >= 0.3 is 0 Å². The summed E-state index contributed by atoms with van der Waals surface area (Å²) in [6.07, 6.45) is 5.74. The Kier molecular flexibility index (Phi) is 13.0. The summed E-state index contributed by atoms with van der Waals surface area (Å²) < 4.78 is 0. The van der Waals surface area contributed by atoms with Crippen LogP contribution < -0.4 is 20.4 Å². The largest absolute Gasteiger partial charge is 0.364 e. The SMILES string of the molecule is N#Cc1ccc2nc(N3CCN(Cc4cc(Cl)ccc4Cl)CC3)c(Nc3cccnc3)nc2c1.N#Cc1ccc2nc(NC3CC3)c(N3CCN(C(=O)c4ccc(Cl)cc4)CC3)nc2c1. The van der Waals surface area contributed by atoms with Gasteiger partial charge < -0.3 is 25.3 Å². The van der Waals surface area contributed by atoms with Gasteiger partial charge in [0.15, 0.2) is 23.3 Å². The first-order valence-electron chi connectivity index (χ1n) is 21.3. The molecule has 10 rings (SSSR count). The number of anilines is 5. The van der Waals surface area contributed by atoms with Crippen molar-refractivity contribution in [3.05, 3.63) is 141 Å². The number of nitrogens with zero attached hydrogens (tertiary/aromatic N) is 11. The molecule has 326 valence electrons. The van der Waals surface area contributed by atoms with E-state index in [-0.39, 0.29) is 5.91 Å². The molecule has 0 unspecified atom stereocenters. The topological polar surface area (TPSA) is 166 Å². The molecule has 0 spiro atoms. The van der Waals surface area contributed by atoms with Crippen LogP contribution in [0.4, 0.5) is 29.0 Å². The van der Waals surface area contributed by atoms with E-state index in [1.54, 1.807) is 67.0 Å². The molecule has 4 aromatic carbocycles. The average molecular weight is 923 g/mol. The van der Waals surface area contributed by atoms with Gasteiger partial charge in [-0.1, -0.05) is 34.8 Å². The Bertz CT molecular complexity index is 2940. The van der Waals surface area contributed by atoms with E-state index in [4.69, 9.17) is 54.7 Å². The van der Waals surface area contributed by atoms with Crippen LogP contribution in [-0.4, -0.2) is 99.0 Å². The van der Waals surface area contributed by atoms with Crippen LogP contribution in [0.3, 0.4) is 0 Å². The fraction of sp³-hybridized carbons (Fsp3) is 0.250. The number of hydrogen-bond acceptors (Lipinski definition) is 13. The number of aromatic nitrogens is 5. The van der Waals surface area contributed by atoms with Gasteiger partial charge in [0, 0.05) is 91.8 Å². The maximum Gasteiger partial charge on any atom is 0.253 e. The molecule has 17 heteroatoms. The molecule has 1 aliphatic carbocycles. The van der Waals surface area contributed by atoms with Crippen molar-refractivity contribution in [1.29, 1.82) is 10.5 Å². The number of carbonyl (C=O) groups excluding carboxylic acids is 1. The van der Waals surface area contributed by atoms with E-state index in [9.17, 15) is 15.3 Å². The molecule has 2 N–H and O–H groups in total. The van der Waals surface area contributed by atoms with Crippen LogP contribution in [0.25, 0.3) is 22.1 Å². The number of benzene rings is 4. The van der Waals surface area contributed by atoms with Gasteiger partial charge in [0.1, 0.15) is 0 Å². The van der Waals surface area contributed by atoms with Crippen LogP contribution in [0.1, 0.15) is 39.9 Å². The first kappa shape index (κ1) is 43.4. The molecule has 0 atom stereocenters. The van der Waals surface area contributed by atoms with Crippen LogP contribution in [0.5, 0.6) is 0 Å². The lowest BCUT2D eigenvalue weighted by atomic mass is 10.2. The van der Waals surface area contributed by atoms with Gasteiger partial charge in [0.05, 0.1) is 57.2 Å². The molecule has 5 heterocycles. The van der Waals surface area contributed by atoms with E-state index >= 15 is 0 Å². The van der Waals surface area contributed by atoms with E-state index in [0.29, 0.717) is 75.8 Å². The lowest BCUT2D eigenvalue weighted by Crippen LogP contribution is -2.49. The number of carbonyl (C=O) groups is 1. The van der Waals surface area contributed by atoms with Gasteiger partial charge in [-0.05, 0) is 109 Å². The smallest absolute Gasteiger partial charge is 0.253 e. The minimum Gasteiger partial charge on any atom is -0.364 e. The average Bonchev–Trinajstić information content (AvgIpc) is 4.17. The minimum atomic E-state index is 0.0101. The van der Waals surface area contributed by atoms with Crippen molar-refractivity contribution in [1.82, 2.24) is 34.7 Å². The number of fused-ring (bicyclic) bond motifs is 2. The van der Waals surface area contributed by atoms with Gasteiger partial charge in [-0.15, -0.1) is 0 Å². The standard InChI is InChI=1S/C25H21Cl2N7.C23H21ClN6O/c26-19-4-5-21(27)18(13-19)16-33-8-10-34(11-9-33)25-24(30-20-2-1-7-29-15-20)31-23-12-17(14-28)3-6-22(23)32-25;24-17-4-2-16(3-5-17)23(31)30-11-9-29(10-12-30)22-21(26-18-6-7-18)27-19-8-1-15(14-25)13-20(19)28-22/h1-7,12-13,15H,8-11,16H2,(H,30,31);1-5,8,13,18H,6-7,9-12H2,(H,26,27). The summed E-state index contributed by atoms with van der Waals surface area (Å²) in [4.78, 5) is 45.0. The second-order valence-corrected chi connectivity index (χ2v) is 17.3. The van der Waals surface area contributed by atoms with Crippen molar-refractivity contribution in [3.63, 3.8) is 0 Å². The molecule has 3 fully saturated rings. The summed E-state index contributed by atoms with van der Waals surface area (Å²) in [5.41, 5.74) is 6.50. The third-order valence-corrected chi connectivity index (χ3v) is 12.3. The van der Waals surface area contributed by atoms with Gasteiger partial charge in [-0.25, -0.2) is 19.9 Å². The van der Waals surface area contributed by atoms with E-state index in [1.165, 1.54) is 0 Å². The summed E-state index contributed by atoms with van der Waals surface area (Å²) in [5, 5.41) is 27.4. The van der Waals surface area contributed by atoms with Crippen molar-refractivity contribution in [3.8, 4) is 12.1 Å². The number of nitrogens with one attached hydrogen (secondary N) is 2. The summed E-state index contributed by atoms with van der Waals surface area (Å²) in [6.45, 7) is 6.55. The van der Waals surface area contributed by atoms with Crippen molar-refractivity contribution >= 4 is 91.7 Å². The Morgan fingerprint density at radius 1 is 0.662 bits per heavy atom. The van der Waals surface area contributed by atoms with E-state index in [1.807, 2.05) is 41.3 Å². The monoisotopic (exact) mass is 921 g/mol. The highest BCUT2D eigenvalue weighted by Crippen LogP contribution is 2.33. The van der Waals surface area contributed by atoms with Crippen LogP contribution in [0.2, 0.25) is 15.1 Å². The Balaban J connectivity index is 0.000000165. The quantitative estimate of drug-likeness (QED) is 0.141. The van der Waals surface area contributed by atoms with E-state index in [2.05, 4.69) is 42.5 Å². The molecule has 7 aromatic rings. The molecule has 14 nitrogen and oxygen atoms in total. The second-order valence-electron chi connectivity index (χ2n) is 16.0. The number of hydrogen-bond donors (Lipinski definition) is 2. The van der Waals surface area contributed by atoms with Crippen LogP contribution in [0.15, 0.2) is 103 Å². The zero-order valence-electron chi connectivity index (χ0n) is 35.1. The fourth-order valence-corrected chi connectivity index (χ4v) is 8.26. The van der Waals surface area contributed by atoms with Crippen molar-refractivity contribution in [2.75, 3.05) is 72.8 Å². The molecule has 0 bridgehead atoms. The van der Waals surface area contributed by atoms with Crippen LogP contribution in [0, 0.1) is 22.7 Å². The number of pyridine rings is 1. The van der Waals surface area contributed by atoms with E-state index < -0.39 is 0 Å². The fourth-order valence-electron chi connectivity index (χ4n) is 7.76. The Hall–Kier alpha value is -6.81. The molecule has 3 aliphatic rings. The Morgan fingerprint density at radius 2 is 1.26 bits per heavy atom. The van der Waals surface area contributed by atoms with Gasteiger partial charge in [-0.3, -0.25) is 14.7 Å². The number of rotatable bonds is 9. The molecular formula is C48H42Cl3N13O. The highest BCUT2D eigenvalue weighted by molar-refractivity contribution is 6.33. The third-order valence-electron chi connectivity index (χ3n) is 11.4. The maximum atomic E-state index is 12.8. The van der Waals surface area contributed by atoms with Gasteiger partial charge in [-0.2, -0.15) is 10.5 Å². The second kappa shape index (κ2) is 19.5. The summed E-state index contributed by atoms with van der Waals surface area (Å²) in [6, 6.07) is 31.9. The summed E-state index contributed by atoms with van der Waals surface area (Å²) in [5.74, 6) is 2.99. The number of piperazine rings is 2. The molecular weight excluding hydrogens is 881 g/mol. The predicted molar refractivity (Wildman–Crippen MR) is 256 cm³/mol. The lowest BCUT2D eigenvalue weighted by molar-refractivity contribution is 0.0746. The molecule has 3 aromatic heterocycles. The molecule has 1 amide bonds. The Morgan fingerprint density at radius 3 is 1.91 bits per heavy atom. The van der Waals surface area contributed by atoms with Crippen molar-refractivity contribution in [2.45, 2.75) is 25.4 Å². The van der Waals surface area contributed by atoms with Crippen LogP contribution >= 0.6 is 34.8 Å². The first-order valence-corrected chi connectivity index (χ1v) is 22.4. The maximum absolute atomic E-state index is 12.8.